The Morgan fingerprint density at radius 1 is 1.15 bits per heavy atom. The lowest BCUT2D eigenvalue weighted by molar-refractivity contribution is 0.609. The number of fused-ring (bicyclic) bond motifs is 2. The van der Waals surface area contributed by atoms with Gasteiger partial charge in [0.2, 0.25) is 0 Å². The highest BCUT2D eigenvalue weighted by Crippen LogP contribution is 2.27. The van der Waals surface area contributed by atoms with Gasteiger partial charge in [0, 0.05) is 43.5 Å². The second-order valence-corrected chi connectivity index (χ2v) is 6.89. The SMILES string of the molecule is Cn1cc2cc(C3=CCN4C=C(C5=CCNCC5)C=CC4=N3)ccc2n1. The van der Waals surface area contributed by atoms with E-state index in [2.05, 4.69) is 64.0 Å². The van der Waals surface area contributed by atoms with Gasteiger partial charge in [0.15, 0.2) is 0 Å². The minimum Gasteiger partial charge on any atom is -0.328 e. The average molecular weight is 343 g/mol. The zero-order chi connectivity index (χ0) is 17.5. The van der Waals surface area contributed by atoms with Gasteiger partial charge < -0.3 is 10.2 Å². The van der Waals surface area contributed by atoms with Crippen LogP contribution >= 0.6 is 0 Å². The number of amidine groups is 1. The van der Waals surface area contributed by atoms with E-state index in [1.54, 1.807) is 0 Å². The summed E-state index contributed by atoms with van der Waals surface area (Å²) in [6, 6.07) is 6.34. The van der Waals surface area contributed by atoms with Crippen molar-refractivity contribution in [3.8, 4) is 0 Å². The molecule has 5 rings (SSSR count). The Kier molecular flexibility index (Phi) is 3.60. The van der Waals surface area contributed by atoms with Crippen LogP contribution in [0.3, 0.4) is 0 Å². The van der Waals surface area contributed by atoms with Crippen molar-refractivity contribution in [1.29, 1.82) is 0 Å². The average Bonchev–Trinajstić information content (AvgIpc) is 3.07. The molecule has 0 atom stereocenters. The molecule has 1 aromatic heterocycles. The molecule has 0 radical (unpaired) electrons. The Hall–Kier alpha value is -2.92. The lowest BCUT2D eigenvalue weighted by atomic mass is 9.98. The van der Waals surface area contributed by atoms with Gasteiger partial charge in [-0.15, -0.1) is 0 Å². The molecular weight excluding hydrogens is 322 g/mol. The number of aryl methyl sites for hydroxylation is 1. The van der Waals surface area contributed by atoms with Crippen molar-refractivity contribution in [2.75, 3.05) is 19.6 Å². The van der Waals surface area contributed by atoms with Crippen molar-refractivity contribution in [2.24, 2.45) is 12.0 Å². The van der Waals surface area contributed by atoms with Crippen LogP contribution in [-0.2, 0) is 7.05 Å². The fourth-order valence-corrected chi connectivity index (χ4v) is 3.70. The highest BCUT2D eigenvalue weighted by atomic mass is 15.2. The van der Waals surface area contributed by atoms with Crippen LogP contribution in [-0.4, -0.2) is 40.2 Å². The highest BCUT2D eigenvalue weighted by Gasteiger charge is 2.19. The van der Waals surface area contributed by atoms with Crippen LogP contribution in [0.5, 0.6) is 0 Å². The van der Waals surface area contributed by atoms with Crippen LogP contribution in [0, 0.1) is 0 Å². The number of nitrogens with one attached hydrogen (secondary N) is 1. The smallest absolute Gasteiger partial charge is 0.133 e. The first-order chi connectivity index (χ1) is 12.8. The van der Waals surface area contributed by atoms with Crippen molar-refractivity contribution < 1.29 is 0 Å². The van der Waals surface area contributed by atoms with Gasteiger partial charge in [-0.25, -0.2) is 4.99 Å². The lowest BCUT2D eigenvalue weighted by Crippen LogP contribution is -2.30. The van der Waals surface area contributed by atoms with Gasteiger partial charge in [-0.05, 0) is 54.5 Å². The number of aliphatic imine (C=N–C) groups is 1. The Morgan fingerprint density at radius 3 is 3.00 bits per heavy atom. The number of hydrogen-bond acceptors (Lipinski definition) is 4. The number of benzene rings is 1. The summed E-state index contributed by atoms with van der Waals surface area (Å²) >= 11 is 0. The first-order valence-corrected chi connectivity index (χ1v) is 9.05. The Morgan fingerprint density at radius 2 is 2.12 bits per heavy atom. The Labute approximate surface area is 152 Å². The standard InChI is InChI=1S/C21H21N5/c1-25-13-18-12-16(2-4-20(18)24-25)19-8-11-26-14-17(3-5-21(26)23-19)15-6-9-22-10-7-15/h2-6,8,12-14,22H,7,9-11H2,1H3. The van der Waals surface area contributed by atoms with E-state index >= 15 is 0 Å². The van der Waals surface area contributed by atoms with E-state index in [9.17, 15) is 0 Å². The molecule has 0 unspecified atom stereocenters. The van der Waals surface area contributed by atoms with E-state index in [1.807, 2.05) is 17.9 Å². The van der Waals surface area contributed by atoms with E-state index in [0.29, 0.717) is 0 Å². The predicted molar refractivity (Wildman–Crippen MR) is 106 cm³/mol. The van der Waals surface area contributed by atoms with E-state index in [-0.39, 0.29) is 0 Å². The Bertz CT molecular complexity index is 1030. The molecule has 5 heteroatoms. The number of rotatable bonds is 2. The monoisotopic (exact) mass is 343 g/mol. The fourth-order valence-electron chi connectivity index (χ4n) is 3.70. The topological polar surface area (TPSA) is 45.5 Å². The lowest BCUT2D eigenvalue weighted by Gasteiger charge is -2.28. The van der Waals surface area contributed by atoms with E-state index in [4.69, 9.17) is 4.99 Å². The van der Waals surface area contributed by atoms with Gasteiger partial charge in [-0.2, -0.15) is 5.10 Å². The molecule has 26 heavy (non-hydrogen) atoms. The van der Waals surface area contributed by atoms with Gasteiger partial charge in [-0.3, -0.25) is 4.68 Å². The summed E-state index contributed by atoms with van der Waals surface area (Å²) in [4.78, 5) is 7.11. The van der Waals surface area contributed by atoms with Crippen LogP contribution in [0.25, 0.3) is 16.6 Å². The Balaban J connectivity index is 1.42. The zero-order valence-corrected chi connectivity index (χ0v) is 14.8. The molecule has 2 aromatic rings. The third kappa shape index (κ3) is 2.70. The summed E-state index contributed by atoms with van der Waals surface area (Å²) in [5.41, 5.74) is 5.92. The highest BCUT2D eigenvalue weighted by molar-refractivity contribution is 6.00. The van der Waals surface area contributed by atoms with Crippen LogP contribution in [0.4, 0.5) is 0 Å². The molecule has 0 saturated heterocycles. The first kappa shape index (κ1) is 15.3. The molecular formula is C21H21N5. The van der Waals surface area contributed by atoms with Crippen molar-refractivity contribution in [1.82, 2.24) is 20.0 Å². The third-order valence-corrected chi connectivity index (χ3v) is 5.07. The second-order valence-electron chi connectivity index (χ2n) is 6.89. The van der Waals surface area contributed by atoms with Crippen LogP contribution < -0.4 is 5.32 Å². The number of aromatic nitrogens is 2. The van der Waals surface area contributed by atoms with E-state index < -0.39 is 0 Å². The van der Waals surface area contributed by atoms with Gasteiger partial charge in [0.05, 0.1) is 11.2 Å². The van der Waals surface area contributed by atoms with Crippen molar-refractivity contribution in [3.05, 3.63) is 71.6 Å². The van der Waals surface area contributed by atoms with Gasteiger partial charge in [-0.1, -0.05) is 12.1 Å². The molecule has 4 heterocycles. The zero-order valence-electron chi connectivity index (χ0n) is 14.8. The van der Waals surface area contributed by atoms with Gasteiger partial charge in [0.25, 0.3) is 0 Å². The summed E-state index contributed by atoms with van der Waals surface area (Å²) in [7, 11) is 1.95. The molecule has 0 fully saturated rings. The summed E-state index contributed by atoms with van der Waals surface area (Å²) < 4.78 is 1.85. The maximum atomic E-state index is 4.88. The fraction of sp³-hybridized carbons (Fsp3) is 0.238. The van der Waals surface area contributed by atoms with E-state index in [0.717, 1.165) is 54.1 Å². The molecule has 5 nitrogen and oxygen atoms in total. The second kappa shape index (κ2) is 6.11. The molecule has 0 bridgehead atoms. The summed E-state index contributed by atoms with van der Waals surface area (Å²) in [6.45, 7) is 2.86. The normalized spacial score (nSPS) is 19.7. The summed E-state index contributed by atoms with van der Waals surface area (Å²) in [5, 5.41) is 8.96. The van der Waals surface area contributed by atoms with Crippen LogP contribution in [0.2, 0.25) is 0 Å². The minimum atomic E-state index is 0.846. The molecule has 0 spiro atoms. The third-order valence-electron chi connectivity index (χ3n) is 5.07. The molecule has 130 valence electrons. The quantitative estimate of drug-likeness (QED) is 0.912. The molecule has 0 amide bonds. The number of hydrogen-bond donors (Lipinski definition) is 1. The van der Waals surface area contributed by atoms with Gasteiger partial charge in [0.1, 0.15) is 5.84 Å². The van der Waals surface area contributed by atoms with Crippen LogP contribution in [0.1, 0.15) is 12.0 Å². The van der Waals surface area contributed by atoms with E-state index in [1.165, 1.54) is 11.1 Å². The molecule has 1 N–H and O–H groups in total. The van der Waals surface area contributed by atoms with Gasteiger partial charge >= 0.3 is 0 Å². The van der Waals surface area contributed by atoms with Crippen molar-refractivity contribution >= 4 is 22.4 Å². The predicted octanol–water partition coefficient (Wildman–Crippen LogP) is 3.00. The maximum Gasteiger partial charge on any atom is 0.133 e. The molecule has 3 aliphatic rings. The van der Waals surface area contributed by atoms with Crippen molar-refractivity contribution in [2.45, 2.75) is 6.42 Å². The molecule has 0 aliphatic carbocycles. The van der Waals surface area contributed by atoms with Crippen LogP contribution in [0.15, 0.2) is 71.0 Å². The summed E-state index contributed by atoms with van der Waals surface area (Å²) in [5.74, 6) is 1.01. The summed E-state index contributed by atoms with van der Waals surface area (Å²) in [6.07, 6.45) is 14.2. The molecule has 0 saturated carbocycles. The maximum absolute atomic E-state index is 4.88. The van der Waals surface area contributed by atoms with Crippen molar-refractivity contribution in [3.63, 3.8) is 0 Å². The molecule has 1 aromatic carbocycles. The minimum absolute atomic E-state index is 0.846. The first-order valence-electron chi connectivity index (χ1n) is 9.05. The number of allylic oxidation sites excluding steroid dienone is 2. The number of nitrogens with zero attached hydrogens (tertiary/aromatic N) is 4. The molecule has 3 aliphatic heterocycles. The largest absolute Gasteiger partial charge is 0.328 e.